The summed E-state index contributed by atoms with van der Waals surface area (Å²) in [6, 6.07) is 8.79. The number of hydrogen-bond acceptors (Lipinski definition) is 4. The SMILES string of the molecule is COc1ccccc1C(CNC1CC1)OC1CCOC1. The van der Waals surface area contributed by atoms with Crippen LogP contribution in [0.5, 0.6) is 5.75 Å². The molecule has 1 saturated heterocycles. The highest BCUT2D eigenvalue weighted by Gasteiger charge is 2.27. The van der Waals surface area contributed by atoms with Gasteiger partial charge in [0.15, 0.2) is 0 Å². The Hall–Kier alpha value is -1.10. The molecule has 110 valence electrons. The average Bonchev–Trinajstić information content (AvgIpc) is 3.18. The molecule has 4 heteroatoms. The third-order valence-corrected chi connectivity index (χ3v) is 3.90. The fourth-order valence-corrected chi connectivity index (χ4v) is 2.58. The van der Waals surface area contributed by atoms with Crippen LogP contribution in [0.25, 0.3) is 0 Å². The predicted octanol–water partition coefficient (Wildman–Crippen LogP) is 2.29. The van der Waals surface area contributed by atoms with Crippen LogP contribution in [0.2, 0.25) is 0 Å². The van der Waals surface area contributed by atoms with Crippen molar-refractivity contribution in [2.45, 2.75) is 37.5 Å². The zero-order chi connectivity index (χ0) is 13.8. The Balaban J connectivity index is 1.71. The molecule has 1 aliphatic carbocycles. The largest absolute Gasteiger partial charge is 0.496 e. The van der Waals surface area contributed by atoms with Crippen LogP contribution >= 0.6 is 0 Å². The van der Waals surface area contributed by atoms with E-state index in [2.05, 4.69) is 11.4 Å². The quantitative estimate of drug-likeness (QED) is 0.830. The lowest BCUT2D eigenvalue weighted by Crippen LogP contribution is -2.28. The molecule has 1 aromatic rings. The molecular weight excluding hydrogens is 254 g/mol. The van der Waals surface area contributed by atoms with Gasteiger partial charge in [0.2, 0.25) is 0 Å². The van der Waals surface area contributed by atoms with Gasteiger partial charge in [-0.2, -0.15) is 0 Å². The number of hydrogen-bond donors (Lipinski definition) is 1. The van der Waals surface area contributed by atoms with Crippen molar-refractivity contribution < 1.29 is 14.2 Å². The second-order valence-electron chi connectivity index (χ2n) is 5.53. The Morgan fingerprint density at radius 3 is 2.85 bits per heavy atom. The normalized spacial score (nSPS) is 23.8. The molecule has 3 rings (SSSR count). The third-order valence-electron chi connectivity index (χ3n) is 3.90. The molecule has 0 amide bonds. The molecule has 1 heterocycles. The van der Waals surface area contributed by atoms with Crippen LogP contribution in [0.3, 0.4) is 0 Å². The van der Waals surface area contributed by atoms with E-state index in [0.29, 0.717) is 12.6 Å². The summed E-state index contributed by atoms with van der Waals surface area (Å²) in [5.74, 6) is 0.897. The molecule has 0 aromatic heterocycles. The minimum absolute atomic E-state index is 0.0263. The zero-order valence-electron chi connectivity index (χ0n) is 12.0. The van der Waals surface area contributed by atoms with E-state index in [1.54, 1.807) is 7.11 Å². The molecule has 1 saturated carbocycles. The summed E-state index contributed by atoms with van der Waals surface area (Å²) in [5, 5.41) is 3.56. The number of rotatable bonds is 7. The zero-order valence-corrected chi connectivity index (χ0v) is 12.0. The van der Waals surface area contributed by atoms with Gasteiger partial charge in [0, 0.05) is 24.8 Å². The lowest BCUT2D eigenvalue weighted by Gasteiger charge is -2.24. The van der Waals surface area contributed by atoms with Crippen molar-refractivity contribution in [3.8, 4) is 5.75 Å². The highest BCUT2D eigenvalue weighted by atomic mass is 16.6. The Morgan fingerprint density at radius 1 is 1.30 bits per heavy atom. The molecule has 0 bridgehead atoms. The molecule has 2 atom stereocenters. The molecule has 1 N–H and O–H groups in total. The second-order valence-corrected chi connectivity index (χ2v) is 5.53. The fourth-order valence-electron chi connectivity index (χ4n) is 2.58. The molecule has 4 nitrogen and oxygen atoms in total. The highest BCUT2D eigenvalue weighted by molar-refractivity contribution is 5.35. The Labute approximate surface area is 120 Å². The molecule has 2 unspecified atom stereocenters. The summed E-state index contributed by atoms with van der Waals surface area (Å²) < 4.78 is 17.1. The van der Waals surface area contributed by atoms with Crippen molar-refractivity contribution in [3.05, 3.63) is 29.8 Å². The van der Waals surface area contributed by atoms with Gasteiger partial charge in [-0.3, -0.25) is 0 Å². The Kier molecular flexibility index (Phi) is 4.55. The van der Waals surface area contributed by atoms with E-state index < -0.39 is 0 Å². The van der Waals surface area contributed by atoms with Crippen LogP contribution in [0.4, 0.5) is 0 Å². The van der Waals surface area contributed by atoms with Crippen molar-refractivity contribution in [2.24, 2.45) is 0 Å². The predicted molar refractivity (Wildman–Crippen MR) is 77.1 cm³/mol. The molecule has 2 aliphatic rings. The maximum absolute atomic E-state index is 6.25. The van der Waals surface area contributed by atoms with Crippen molar-refractivity contribution in [1.82, 2.24) is 5.32 Å². The first-order chi connectivity index (χ1) is 9.86. The summed E-state index contributed by atoms with van der Waals surface area (Å²) in [7, 11) is 1.71. The van der Waals surface area contributed by atoms with Crippen LogP contribution in [-0.2, 0) is 9.47 Å². The van der Waals surface area contributed by atoms with Crippen LogP contribution in [0.15, 0.2) is 24.3 Å². The van der Waals surface area contributed by atoms with Gasteiger partial charge in [-0.15, -0.1) is 0 Å². The lowest BCUT2D eigenvalue weighted by molar-refractivity contribution is -0.0175. The van der Waals surface area contributed by atoms with Gasteiger partial charge in [0.25, 0.3) is 0 Å². The molecule has 0 radical (unpaired) electrons. The topological polar surface area (TPSA) is 39.7 Å². The van der Waals surface area contributed by atoms with E-state index in [1.807, 2.05) is 18.2 Å². The number of ether oxygens (including phenoxy) is 3. The first-order valence-electron chi connectivity index (χ1n) is 7.46. The molecule has 0 spiro atoms. The molecule has 20 heavy (non-hydrogen) atoms. The van der Waals surface area contributed by atoms with Gasteiger partial charge < -0.3 is 19.5 Å². The lowest BCUT2D eigenvalue weighted by atomic mass is 10.1. The minimum Gasteiger partial charge on any atom is -0.496 e. The van der Waals surface area contributed by atoms with Gasteiger partial charge in [-0.1, -0.05) is 18.2 Å². The minimum atomic E-state index is 0.0263. The van der Waals surface area contributed by atoms with Gasteiger partial charge in [-0.25, -0.2) is 0 Å². The van der Waals surface area contributed by atoms with Gasteiger partial charge in [-0.05, 0) is 25.3 Å². The van der Waals surface area contributed by atoms with Crippen LogP contribution in [0.1, 0.15) is 30.9 Å². The molecular formula is C16H23NO3. The monoisotopic (exact) mass is 277 g/mol. The van der Waals surface area contributed by atoms with Crippen molar-refractivity contribution in [2.75, 3.05) is 26.9 Å². The van der Waals surface area contributed by atoms with Crippen molar-refractivity contribution in [3.63, 3.8) is 0 Å². The number of benzene rings is 1. The number of methoxy groups -OCH3 is 1. The summed E-state index contributed by atoms with van der Waals surface area (Å²) >= 11 is 0. The summed E-state index contributed by atoms with van der Waals surface area (Å²) in [5.41, 5.74) is 1.12. The molecule has 1 aliphatic heterocycles. The van der Waals surface area contributed by atoms with Gasteiger partial charge >= 0.3 is 0 Å². The third kappa shape index (κ3) is 3.51. The van der Waals surface area contributed by atoms with Gasteiger partial charge in [0.1, 0.15) is 5.75 Å². The van der Waals surface area contributed by atoms with Crippen LogP contribution < -0.4 is 10.1 Å². The van der Waals surface area contributed by atoms with E-state index in [-0.39, 0.29) is 12.2 Å². The van der Waals surface area contributed by atoms with Crippen molar-refractivity contribution in [1.29, 1.82) is 0 Å². The molecule has 1 aromatic carbocycles. The maximum Gasteiger partial charge on any atom is 0.124 e. The van der Waals surface area contributed by atoms with Crippen molar-refractivity contribution >= 4 is 0 Å². The Morgan fingerprint density at radius 2 is 2.15 bits per heavy atom. The molecule has 2 fully saturated rings. The Bertz CT molecular complexity index is 427. The second kappa shape index (κ2) is 6.57. The van der Waals surface area contributed by atoms with E-state index in [0.717, 1.165) is 30.9 Å². The van der Waals surface area contributed by atoms with Crippen LogP contribution in [-0.4, -0.2) is 39.0 Å². The number of para-hydroxylation sites is 1. The first kappa shape index (κ1) is 13.9. The standard InChI is InChI=1S/C16H23NO3/c1-18-15-5-3-2-4-14(15)16(10-17-12-6-7-12)20-13-8-9-19-11-13/h2-5,12-13,16-17H,6-11H2,1H3. The maximum atomic E-state index is 6.25. The summed E-state index contributed by atoms with van der Waals surface area (Å²) in [4.78, 5) is 0. The summed E-state index contributed by atoms with van der Waals surface area (Å²) in [6.45, 7) is 2.34. The number of nitrogens with one attached hydrogen (secondary N) is 1. The average molecular weight is 277 g/mol. The van der Waals surface area contributed by atoms with E-state index in [4.69, 9.17) is 14.2 Å². The van der Waals surface area contributed by atoms with Crippen LogP contribution in [0, 0.1) is 0 Å². The summed E-state index contributed by atoms with van der Waals surface area (Å²) in [6.07, 6.45) is 3.77. The van der Waals surface area contributed by atoms with Gasteiger partial charge in [0.05, 0.1) is 25.9 Å². The first-order valence-corrected chi connectivity index (χ1v) is 7.46. The smallest absolute Gasteiger partial charge is 0.124 e. The van der Waals surface area contributed by atoms with E-state index in [9.17, 15) is 0 Å². The van der Waals surface area contributed by atoms with E-state index >= 15 is 0 Å². The fraction of sp³-hybridized carbons (Fsp3) is 0.625. The highest BCUT2D eigenvalue weighted by Crippen LogP contribution is 2.30. The van der Waals surface area contributed by atoms with E-state index in [1.165, 1.54) is 12.8 Å².